The summed E-state index contributed by atoms with van der Waals surface area (Å²) in [6.45, 7) is 1.80. The maximum absolute atomic E-state index is 13.1. The molecule has 1 saturated heterocycles. The van der Waals surface area contributed by atoms with Crippen LogP contribution in [0, 0.1) is 5.92 Å². The fourth-order valence-electron chi connectivity index (χ4n) is 3.66. The molecule has 1 amide bonds. The number of carbonyl (C=O) groups excluding carboxylic acids is 2. The number of benzene rings is 2. The lowest BCUT2D eigenvalue weighted by atomic mass is 9.96. The van der Waals surface area contributed by atoms with Crippen LogP contribution < -0.4 is 0 Å². The van der Waals surface area contributed by atoms with E-state index in [0.717, 1.165) is 17.7 Å². The van der Waals surface area contributed by atoms with E-state index in [9.17, 15) is 27.9 Å². The first-order valence-corrected chi connectivity index (χ1v) is 9.52. The Morgan fingerprint density at radius 1 is 1.23 bits per heavy atom. The summed E-state index contributed by atoms with van der Waals surface area (Å²) in [7, 11) is 0. The van der Waals surface area contributed by atoms with E-state index < -0.39 is 29.6 Å². The van der Waals surface area contributed by atoms with E-state index in [0.29, 0.717) is 12.7 Å². The number of phenols is 1. The van der Waals surface area contributed by atoms with E-state index in [1.54, 1.807) is 6.92 Å². The fourth-order valence-corrected chi connectivity index (χ4v) is 3.66. The van der Waals surface area contributed by atoms with Gasteiger partial charge in [0.15, 0.2) is 12.5 Å². The zero-order valence-corrected chi connectivity index (χ0v) is 16.3. The Morgan fingerprint density at radius 2 is 1.93 bits per heavy atom. The summed E-state index contributed by atoms with van der Waals surface area (Å²) in [6, 6.07) is 12.3. The van der Waals surface area contributed by atoms with E-state index in [2.05, 4.69) is 0 Å². The van der Waals surface area contributed by atoms with Gasteiger partial charge in [-0.3, -0.25) is 9.59 Å². The molecular formula is C22H22F3NO4. The quantitative estimate of drug-likeness (QED) is 0.724. The van der Waals surface area contributed by atoms with E-state index >= 15 is 0 Å². The first-order valence-electron chi connectivity index (χ1n) is 9.52. The molecule has 0 bridgehead atoms. The predicted octanol–water partition coefficient (Wildman–Crippen LogP) is 3.58. The maximum Gasteiger partial charge on any atom is 0.419 e. The standard InChI is InChI=1S/C22H22F3NO4/c1-14(9-16-7-8-19(28)18(11-16)22(23,24)25)21(29)26-17(13-30-20(26)12-27)10-15-5-3-2-4-6-15/h2-8,11-12,14,17,20,28H,9-10,13H2,1H3/t14-,17-,20?/m1/s1. The van der Waals surface area contributed by atoms with Crippen LogP contribution in [0.3, 0.4) is 0 Å². The molecular weight excluding hydrogens is 399 g/mol. The van der Waals surface area contributed by atoms with Crippen LogP contribution >= 0.6 is 0 Å². The van der Waals surface area contributed by atoms with E-state index in [4.69, 9.17) is 4.74 Å². The molecule has 1 heterocycles. The van der Waals surface area contributed by atoms with Crippen LogP contribution in [0.5, 0.6) is 5.75 Å². The molecule has 0 radical (unpaired) electrons. The minimum atomic E-state index is -4.69. The molecule has 30 heavy (non-hydrogen) atoms. The number of ether oxygens (including phenoxy) is 1. The number of halogens is 3. The minimum Gasteiger partial charge on any atom is -0.507 e. The summed E-state index contributed by atoms with van der Waals surface area (Å²) in [5.41, 5.74) is 0.108. The molecule has 160 valence electrons. The lowest BCUT2D eigenvalue weighted by Gasteiger charge is -2.28. The number of hydrogen-bond acceptors (Lipinski definition) is 4. The van der Waals surface area contributed by atoms with Gasteiger partial charge in [-0.15, -0.1) is 0 Å². The molecule has 0 aromatic heterocycles. The minimum absolute atomic E-state index is 0.0301. The Hall–Kier alpha value is -2.87. The number of aldehydes is 1. The smallest absolute Gasteiger partial charge is 0.419 e. The van der Waals surface area contributed by atoms with Crippen molar-refractivity contribution in [1.29, 1.82) is 0 Å². The Labute approximate surface area is 172 Å². The number of alkyl halides is 3. The zero-order chi connectivity index (χ0) is 21.9. The summed E-state index contributed by atoms with van der Waals surface area (Å²) in [5.74, 6) is -1.91. The third-order valence-corrected chi connectivity index (χ3v) is 5.14. The molecule has 3 rings (SSSR count). The number of rotatable bonds is 6. The molecule has 3 atom stereocenters. The molecule has 1 N–H and O–H groups in total. The Bertz CT molecular complexity index is 901. The van der Waals surface area contributed by atoms with E-state index in [-0.39, 0.29) is 30.5 Å². The normalized spacial score (nSPS) is 20.2. The number of aromatic hydroxyl groups is 1. The fraction of sp³-hybridized carbons (Fsp3) is 0.364. The van der Waals surface area contributed by atoms with Gasteiger partial charge >= 0.3 is 6.18 Å². The van der Waals surface area contributed by atoms with Gasteiger partial charge in [-0.2, -0.15) is 13.2 Å². The van der Waals surface area contributed by atoms with Crippen LogP contribution in [0.15, 0.2) is 48.5 Å². The Morgan fingerprint density at radius 3 is 2.57 bits per heavy atom. The molecule has 5 nitrogen and oxygen atoms in total. The van der Waals surface area contributed by atoms with Crippen LogP contribution in [0.4, 0.5) is 13.2 Å². The number of amides is 1. The molecule has 0 spiro atoms. The van der Waals surface area contributed by atoms with Crippen molar-refractivity contribution in [2.75, 3.05) is 6.61 Å². The maximum atomic E-state index is 13.1. The SMILES string of the molecule is C[C@H](Cc1ccc(O)c(C(F)(F)F)c1)C(=O)N1C(C=O)OC[C@H]1Cc1ccccc1. The van der Waals surface area contributed by atoms with Gasteiger partial charge in [-0.25, -0.2) is 0 Å². The van der Waals surface area contributed by atoms with Crippen LogP contribution in [0.2, 0.25) is 0 Å². The van der Waals surface area contributed by atoms with Crippen LogP contribution in [-0.4, -0.2) is 41.1 Å². The van der Waals surface area contributed by atoms with Crippen LogP contribution in [-0.2, 0) is 33.3 Å². The average Bonchev–Trinajstić information content (AvgIpc) is 3.11. The summed E-state index contributed by atoms with van der Waals surface area (Å²) in [6.07, 6.45) is -4.62. The second-order valence-corrected chi connectivity index (χ2v) is 7.40. The molecule has 1 aliphatic heterocycles. The van der Waals surface area contributed by atoms with Gasteiger partial charge in [0.1, 0.15) is 5.75 Å². The highest BCUT2D eigenvalue weighted by atomic mass is 19.4. The Kier molecular flexibility index (Phi) is 6.45. The third kappa shape index (κ3) is 4.81. The molecule has 2 aromatic carbocycles. The van der Waals surface area contributed by atoms with Gasteiger partial charge in [0.2, 0.25) is 5.91 Å². The summed E-state index contributed by atoms with van der Waals surface area (Å²) < 4.78 is 44.6. The van der Waals surface area contributed by atoms with Gasteiger partial charge in [0.05, 0.1) is 18.2 Å². The molecule has 0 aliphatic carbocycles. The van der Waals surface area contributed by atoms with Crippen molar-refractivity contribution in [1.82, 2.24) is 4.90 Å². The number of nitrogens with zero attached hydrogens (tertiary/aromatic N) is 1. The summed E-state index contributed by atoms with van der Waals surface area (Å²) in [5, 5.41) is 9.48. The topological polar surface area (TPSA) is 66.8 Å². The molecule has 8 heteroatoms. The zero-order valence-electron chi connectivity index (χ0n) is 16.3. The second kappa shape index (κ2) is 8.87. The Balaban J connectivity index is 1.77. The molecule has 1 fully saturated rings. The lowest BCUT2D eigenvalue weighted by molar-refractivity contribution is -0.145. The molecule has 1 unspecified atom stereocenters. The van der Waals surface area contributed by atoms with Gasteiger partial charge in [-0.1, -0.05) is 43.3 Å². The summed E-state index contributed by atoms with van der Waals surface area (Å²) >= 11 is 0. The molecule has 1 aliphatic rings. The van der Waals surface area contributed by atoms with Gasteiger partial charge in [0.25, 0.3) is 0 Å². The summed E-state index contributed by atoms with van der Waals surface area (Å²) in [4.78, 5) is 25.9. The van der Waals surface area contributed by atoms with Crippen molar-refractivity contribution in [2.45, 2.75) is 38.2 Å². The third-order valence-electron chi connectivity index (χ3n) is 5.14. The first kappa shape index (κ1) is 21.8. The lowest BCUT2D eigenvalue weighted by Crippen LogP contribution is -2.46. The van der Waals surface area contributed by atoms with Crippen LogP contribution in [0.25, 0.3) is 0 Å². The van der Waals surface area contributed by atoms with Gasteiger partial charge < -0.3 is 14.7 Å². The number of carbonyl (C=O) groups is 2. The first-order chi connectivity index (χ1) is 14.2. The van der Waals surface area contributed by atoms with Crippen molar-refractivity contribution in [2.24, 2.45) is 5.92 Å². The van der Waals surface area contributed by atoms with Crippen molar-refractivity contribution in [3.05, 3.63) is 65.2 Å². The van der Waals surface area contributed by atoms with Gasteiger partial charge in [0, 0.05) is 5.92 Å². The highest BCUT2D eigenvalue weighted by Gasteiger charge is 2.39. The van der Waals surface area contributed by atoms with Crippen molar-refractivity contribution in [3.8, 4) is 5.75 Å². The van der Waals surface area contributed by atoms with E-state index in [1.807, 2.05) is 30.3 Å². The number of hydrogen-bond donors (Lipinski definition) is 1. The van der Waals surface area contributed by atoms with Crippen LogP contribution in [0.1, 0.15) is 23.6 Å². The average molecular weight is 421 g/mol. The highest BCUT2D eigenvalue weighted by Crippen LogP contribution is 2.36. The molecule has 0 saturated carbocycles. The largest absolute Gasteiger partial charge is 0.507 e. The second-order valence-electron chi connectivity index (χ2n) is 7.40. The highest BCUT2D eigenvalue weighted by molar-refractivity contribution is 5.82. The van der Waals surface area contributed by atoms with E-state index in [1.165, 1.54) is 11.0 Å². The predicted molar refractivity (Wildman–Crippen MR) is 103 cm³/mol. The van der Waals surface area contributed by atoms with Crippen molar-refractivity contribution < 1.29 is 32.6 Å². The monoisotopic (exact) mass is 421 g/mol. The van der Waals surface area contributed by atoms with Gasteiger partial charge in [-0.05, 0) is 36.1 Å². The van der Waals surface area contributed by atoms with Crippen molar-refractivity contribution in [3.63, 3.8) is 0 Å². The number of phenolic OH excluding ortho intramolecular Hbond substituents is 1. The molecule has 2 aromatic rings. The van der Waals surface area contributed by atoms with Crippen molar-refractivity contribution >= 4 is 12.2 Å².